The summed E-state index contributed by atoms with van der Waals surface area (Å²) in [4.78, 5) is 34.9. The van der Waals surface area contributed by atoms with Gasteiger partial charge in [-0.25, -0.2) is 23.2 Å². The van der Waals surface area contributed by atoms with Crippen LogP contribution in [0, 0.1) is 5.92 Å². The van der Waals surface area contributed by atoms with Crippen molar-refractivity contribution < 1.29 is 35.9 Å². The summed E-state index contributed by atoms with van der Waals surface area (Å²) >= 11 is 0. The van der Waals surface area contributed by atoms with Gasteiger partial charge >= 0.3 is 12.1 Å². The van der Waals surface area contributed by atoms with Gasteiger partial charge in [0.15, 0.2) is 15.5 Å². The first-order chi connectivity index (χ1) is 20.3. The molecular formula is C30H33F3N4O5S. The molecule has 4 rings (SSSR count). The minimum absolute atomic E-state index is 0.000219. The Balaban J connectivity index is 1.55. The molecule has 1 atom stereocenters. The SMILES string of the molecule is CCOC(=O)c1cnc(N2CCc3cc(C(=O)NCc4ccc(S(=O)(=O)CC)cc4)ccc3C2C(C)C)nc1C(F)(F)F. The lowest BCUT2D eigenvalue weighted by atomic mass is 9.85. The summed E-state index contributed by atoms with van der Waals surface area (Å²) in [5, 5.41) is 2.84. The Morgan fingerprint density at radius 2 is 1.81 bits per heavy atom. The lowest BCUT2D eigenvalue weighted by molar-refractivity contribution is -0.141. The van der Waals surface area contributed by atoms with E-state index >= 15 is 0 Å². The molecular weight excluding hydrogens is 585 g/mol. The molecule has 1 aliphatic heterocycles. The third-order valence-corrected chi connectivity index (χ3v) is 8.98. The van der Waals surface area contributed by atoms with E-state index in [-0.39, 0.29) is 47.6 Å². The Morgan fingerprint density at radius 1 is 1.12 bits per heavy atom. The first-order valence-corrected chi connectivity index (χ1v) is 15.5. The standard InChI is InChI=1S/C30H33F3N4O5S/c1-5-42-28(39)24-17-35-29(36-26(24)30(31,32)33)37-14-13-20-15-21(9-12-23(20)25(37)18(3)4)27(38)34-16-19-7-10-22(11-8-19)43(40,41)6-2/h7-12,15,17-18,25H,5-6,13-14,16H2,1-4H3,(H,34,38). The number of carbonyl (C=O) groups excluding carboxylic acids is 2. The van der Waals surface area contributed by atoms with Gasteiger partial charge in [-0.3, -0.25) is 4.79 Å². The van der Waals surface area contributed by atoms with Crippen LogP contribution < -0.4 is 10.2 Å². The van der Waals surface area contributed by atoms with Gasteiger partial charge in [0.25, 0.3) is 5.91 Å². The third kappa shape index (κ3) is 6.98. The van der Waals surface area contributed by atoms with E-state index in [0.717, 1.165) is 22.9 Å². The zero-order valence-corrected chi connectivity index (χ0v) is 25.1. The number of nitrogens with zero attached hydrogens (tertiary/aromatic N) is 3. The third-order valence-electron chi connectivity index (χ3n) is 7.23. The van der Waals surface area contributed by atoms with E-state index < -0.39 is 33.2 Å². The molecule has 3 aromatic rings. The van der Waals surface area contributed by atoms with Crippen LogP contribution in [0.4, 0.5) is 19.1 Å². The fraction of sp³-hybridized carbons (Fsp3) is 0.400. The Hall–Kier alpha value is -4.00. The number of hydrogen-bond acceptors (Lipinski definition) is 8. The Kier molecular flexibility index (Phi) is 9.43. The quantitative estimate of drug-likeness (QED) is 0.327. The highest BCUT2D eigenvalue weighted by atomic mass is 32.2. The predicted molar refractivity (Wildman–Crippen MR) is 153 cm³/mol. The molecule has 0 aliphatic carbocycles. The van der Waals surface area contributed by atoms with Crippen molar-refractivity contribution in [3.63, 3.8) is 0 Å². The molecule has 1 unspecified atom stereocenters. The zero-order chi connectivity index (χ0) is 31.5. The Morgan fingerprint density at radius 3 is 2.42 bits per heavy atom. The van der Waals surface area contributed by atoms with Crippen LogP contribution in [0.2, 0.25) is 0 Å². The van der Waals surface area contributed by atoms with Crippen molar-refractivity contribution in [1.29, 1.82) is 0 Å². The van der Waals surface area contributed by atoms with E-state index in [9.17, 15) is 31.2 Å². The number of esters is 1. The molecule has 2 heterocycles. The van der Waals surface area contributed by atoms with Crippen LogP contribution in [0.1, 0.15) is 76.8 Å². The molecule has 13 heteroatoms. The lowest BCUT2D eigenvalue weighted by Gasteiger charge is -2.40. The van der Waals surface area contributed by atoms with Crippen molar-refractivity contribution in [3.05, 3.63) is 82.2 Å². The van der Waals surface area contributed by atoms with E-state index in [0.29, 0.717) is 18.5 Å². The van der Waals surface area contributed by atoms with Crippen molar-refractivity contribution in [1.82, 2.24) is 15.3 Å². The zero-order valence-electron chi connectivity index (χ0n) is 24.2. The van der Waals surface area contributed by atoms with E-state index in [1.165, 1.54) is 19.1 Å². The number of carbonyl (C=O) groups is 2. The van der Waals surface area contributed by atoms with Gasteiger partial charge in [0.2, 0.25) is 5.95 Å². The van der Waals surface area contributed by atoms with Crippen molar-refractivity contribution in [2.75, 3.05) is 23.8 Å². The van der Waals surface area contributed by atoms with Crippen LogP contribution in [0.3, 0.4) is 0 Å². The Bertz CT molecular complexity index is 1610. The average molecular weight is 619 g/mol. The van der Waals surface area contributed by atoms with Gasteiger partial charge in [0, 0.05) is 24.8 Å². The number of ether oxygens (including phenoxy) is 1. The second kappa shape index (κ2) is 12.7. The van der Waals surface area contributed by atoms with Crippen LogP contribution in [-0.2, 0) is 33.7 Å². The number of fused-ring (bicyclic) bond motifs is 1. The first-order valence-electron chi connectivity index (χ1n) is 13.9. The van der Waals surface area contributed by atoms with Gasteiger partial charge in [-0.1, -0.05) is 39.0 Å². The van der Waals surface area contributed by atoms with Gasteiger partial charge in [0.1, 0.15) is 5.56 Å². The molecule has 1 amide bonds. The van der Waals surface area contributed by atoms with Gasteiger partial charge in [-0.15, -0.1) is 0 Å². The number of sulfone groups is 1. The van der Waals surface area contributed by atoms with E-state index in [1.807, 2.05) is 13.8 Å². The summed E-state index contributed by atoms with van der Waals surface area (Å²) in [5.74, 6) is -1.66. The van der Waals surface area contributed by atoms with Crippen molar-refractivity contribution in [2.24, 2.45) is 5.92 Å². The molecule has 1 N–H and O–H groups in total. The minimum Gasteiger partial charge on any atom is -0.462 e. The van der Waals surface area contributed by atoms with Crippen LogP contribution >= 0.6 is 0 Å². The minimum atomic E-state index is -4.89. The molecule has 2 aromatic carbocycles. The summed E-state index contributed by atoms with van der Waals surface area (Å²) in [6.45, 7) is 7.34. The number of hydrogen-bond donors (Lipinski definition) is 1. The molecule has 9 nitrogen and oxygen atoms in total. The molecule has 1 aromatic heterocycles. The van der Waals surface area contributed by atoms with Crippen LogP contribution in [-0.4, -0.2) is 49.2 Å². The fourth-order valence-corrected chi connectivity index (χ4v) is 5.98. The molecule has 1 aliphatic rings. The number of alkyl halides is 3. The lowest BCUT2D eigenvalue weighted by Crippen LogP contribution is -2.40. The summed E-state index contributed by atoms with van der Waals surface area (Å²) in [6, 6.07) is 11.2. The highest BCUT2D eigenvalue weighted by Crippen LogP contribution is 2.39. The molecule has 0 fully saturated rings. The summed E-state index contributed by atoms with van der Waals surface area (Å²) in [5.41, 5.74) is 0.804. The molecule has 230 valence electrons. The molecule has 0 radical (unpaired) electrons. The topological polar surface area (TPSA) is 119 Å². The maximum atomic E-state index is 13.9. The second-order valence-corrected chi connectivity index (χ2v) is 12.7. The molecule has 0 saturated heterocycles. The van der Waals surface area contributed by atoms with Crippen LogP contribution in [0.25, 0.3) is 0 Å². The number of benzene rings is 2. The first kappa shape index (κ1) is 31.9. The predicted octanol–water partition coefficient (Wildman–Crippen LogP) is 5.16. The smallest absolute Gasteiger partial charge is 0.434 e. The van der Waals surface area contributed by atoms with Crippen molar-refractivity contribution in [3.8, 4) is 0 Å². The van der Waals surface area contributed by atoms with Crippen LogP contribution in [0.5, 0.6) is 0 Å². The highest BCUT2D eigenvalue weighted by molar-refractivity contribution is 7.91. The number of anilines is 1. The molecule has 0 bridgehead atoms. The van der Waals surface area contributed by atoms with Gasteiger partial charge in [-0.2, -0.15) is 13.2 Å². The second-order valence-electron chi connectivity index (χ2n) is 10.4. The van der Waals surface area contributed by atoms with E-state index in [4.69, 9.17) is 4.74 Å². The fourth-order valence-electron chi connectivity index (χ4n) is 5.09. The molecule has 43 heavy (non-hydrogen) atoms. The molecule has 0 saturated carbocycles. The van der Waals surface area contributed by atoms with Gasteiger partial charge < -0.3 is 15.0 Å². The Labute approximate surface area is 248 Å². The summed E-state index contributed by atoms with van der Waals surface area (Å²) in [7, 11) is -3.31. The average Bonchev–Trinajstić information content (AvgIpc) is 2.98. The largest absolute Gasteiger partial charge is 0.462 e. The number of aromatic nitrogens is 2. The number of amides is 1. The summed E-state index contributed by atoms with van der Waals surface area (Å²) in [6.07, 6.45) is -3.60. The van der Waals surface area contributed by atoms with Crippen molar-refractivity contribution >= 4 is 27.7 Å². The van der Waals surface area contributed by atoms with E-state index in [2.05, 4.69) is 15.3 Å². The number of halogens is 3. The van der Waals surface area contributed by atoms with Gasteiger partial charge in [-0.05, 0) is 60.2 Å². The number of rotatable bonds is 9. The monoisotopic (exact) mass is 618 g/mol. The van der Waals surface area contributed by atoms with Crippen molar-refractivity contribution in [2.45, 2.75) is 57.8 Å². The van der Waals surface area contributed by atoms with E-state index in [1.54, 1.807) is 42.2 Å². The van der Waals surface area contributed by atoms with Crippen LogP contribution in [0.15, 0.2) is 53.6 Å². The normalized spacial score (nSPS) is 15.3. The maximum Gasteiger partial charge on any atom is 0.434 e. The number of nitrogens with one attached hydrogen (secondary N) is 1. The molecule has 0 spiro atoms. The van der Waals surface area contributed by atoms with Gasteiger partial charge in [0.05, 0.1) is 23.3 Å². The summed E-state index contributed by atoms with van der Waals surface area (Å²) < 4.78 is 70.5. The maximum absolute atomic E-state index is 13.9. The highest BCUT2D eigenvalue weighted by Gasteiger charge is 2.40.